The number of nitrogens with one attached hydrogen (secondary N) is 1. The molecule has 1 aromatic carbocycles. The molecule has 3 atom stereocenters. The van der Waals surface area contributed by atoms with Crippen LogP contribution in [0.1, 0.15) is 51.2 Å². The molecule has 0 radical (unpaired) electrons. The number of fused-ring (bicyclic) bond motifs is 2. The molecular formula is C18H27N. The Labute approximate surface area is 117 Å². The lowest BCUT2D eigenvalue weighted by molar-refractivity contribution is 0.155. The molecule has 3 unspecified atom stereocenters. The summed E-state index contributed by atoms with van der Waals surface area (Å²) in [6.45, 7) is 11.8. The fourth-order valence-corrected chi connectivity index (χ4v) is 4.71. The van der Waals surface area contributed by atoms with Gasteiger partial charge in [-0.1, -0.05) is 32.9 Å². The second-order valence-corrected chi connectivity index (χ2v) is 7.81. The Kier molecular flexibility index (Phi) is 2.75. The molecule has 0 amide bonds. The van der Waals surface area contributed by atoms with E-state index in [2.05, 4.69) is 58.1 Å². The topological polar surface area (TPSA) is 12.0 Å². The summed E-state index contributed by atoms with van der Waals surface area (Å²) in [5.41, 5.74) is 4.96. The van der Waals surface area contributed by atoms with Gasteiger partial charge in [-0.2, -0.15) is 0 Å². The molecule has 3 rings (SSSR count). The van der Waals surface area contributed by atoms with E-state index < -0.39 is 0 Å². The highest BCUT2D eigenvalue weighted by Crippen LogP contribution is 2.63. The molecule has 2 bridgehead atoms. The molecule has 1 N–H and O–H groups in total. The Bertz CT molecular complexity index is 498. The zero-order chi connectivity index (χ0) is 13.8. The predicted octanol–water partition coefficient (Wildman–Crippen LogP) is 4.93. The number of hydrogen-bond acceptors (Lipinski definition) is 1. The van der Waals surface area contributed by atoms with Crippen LogP contribution in [0.4, 0.5) is 5.69 Å². The average molecular weight is 257 g/mol. The lowest BCUT2D eigenvalue weighted by Gasteiger charge is -2.44. The van der Waals surface area contributed by atoms with Crippen LogP contribution in [0.25, 0.3) is 0 Å². The summed E-state index contributed by atoms with van der Waals surface area (Å²) in [5.74, 6) is 0.903. The third-order valence-electron chi connectivity index (χ3n) is 5.96. The molecule has 1 aromatic rings. The number of aryl methyl sites for hydroxylation is 2. The Morgan fingerprint density at radius 1 is 1.16 bits per heavy atom. The van der Waals surface area contributed by atoms with Gasteiger partial charge in [-0.15, -0.1) is 0 Å². The molecule has 2 saturated carbocycles. The lowest BCUT2D eigenvalue weighted by Crippen LogP contribution is -2.45. The van der Waals surface area contributed by atoms with Gasteiger partial charge in [0.25, 0.3) is 0 Å². The molecule has 0 heterocycles. The van der Waals surface area contributed by atoms with Crippen molar-refractivity contribution in [2.45, 2.75) is 59.9 Å². The molecule has 1 nitrogen and oxygen atoms in total. The van der Waals surface area contributed by atoms with Crippen molar-refractivity contribution in [1.82, 2.24) is 0 Å². The van der Waals surface area contributed by atoms with Gasteiger partial charge in [-0.3, -0.25) is 0 Å². The van der Waals surface area contributed by atoms with Gasteiger partial charge < -0.3 is 5.32 Å². The minimum atomic E-state index is 0.420. The number of hydrogen-bond donors (Lipinski definition) is 1. The molecule has 2 aliphatic rings. The molecule has 0 aliphatic heterocycles. The predicted molar refractivity (Wildman–Crippen MR) is 82.6 cm³/mol. The highest BCUT2D eigenvalue weighted by Gasteiger charge is 2.59. The Balaban J connectivity index is 1.92. The standard InChI is InChI=1S/C18H27N/c1-12-6-7-13(2)15(10-12)19-16-17(3,4)14-8-9-18(16,5)11-14/h6-7,10,14,16,19H,8-9,11H2,1-5H3. The van der Waals surface area contributed by atoms with Crippen LogP contribution in [0, 0.1) is 30.6 Å². The van der Waals surface area contributed by atoms with Crippen LogP contribution in [0.5, 0.6) is 0 Å². The summed E-state index contributed by atoms with van der Waals surface area (Å²) in [6.07, 6.45) is 4.22. The average Bonchev–Trinajstić information content (AvgIpc) is 2.80. The second-order valence-electron chi connectivity index (χ2n) is 7.81. The monoisotopic (exact) mass is 257 g/mol. The Morgan fingerprint density at radius 2 is 1.89 bits per heavy atom. The molecule has 2 fully saturated rings. The lowest BCUT2D eigenvalue weighted by atomic mass is 9.68. The zero-order valence-corrected chi connectivity index (χ0v) is 13.0. The smallest absolute Gasteiger partial charge is 0.0375 e. The van der Waals surface area contributed by atoms with E-state index >= 15 is 0 Å². The van der Waals surface area contributed by atoms with Gasteiger partial charge in [-0.05, 0) is 67.1 Å². The molecule has 0 saturated heterocycles. The largest absolute Gasteiger partial charge is 0.381 e. The van der Waals surface area contributed by atoms with Crippen LogP contribution in [-0.4, -0.2) is 6.04 Å². The third-order valence-corrected chi connectivity index (χ3v) is 5.96. The summed E-state index contributed by atoms with van der Waals surface area (Å²) in [4.78, 5) is 0. The van der Waals surface area contributed by atoms with Crippen LogP contribution in [-0.2, 0) is 0 Å². The van der Waals surface area contributed by atoms with Gasteiger partial charge in [0, 0.05) is 11.7 Å². The van der Waals surface area contributed by atoms with Crippen LogP contribution < -0.4 is 5.32 Å². The number of anilines is 1. The summed E-state index contributed by atoms with van der Waals surface area (Å²) < 4.78 is 0. The van der Waals surface area contributed by atoms with Crippen molar-refractivity contribution >= 4 is 5.69 Å². The Morgan fingerprint density at radius 3 is 2.53 bits per heavy atom. The summed E-state index contributed by atoms with van der Waals surface area (Å²) in [6, 6.07) is 7.36. The first kappa shape index (κ1) is 13.0. The minimum absolute atomic E-state index is 0.420. The SMILES string of the molecule is Cc1ccc(C)c(NC2C3(C)CCC(C3)C2(C)C)c1. The molecule has 0 spiro atoms. The van der Waals surface area contributed by atoms with Crippen molar-refractivity contribution in [3.05, 3.63) is 29.3 Å². The van der Waals surface area contributed by atoms with Gasteiger partial charge in [-0.25, -0.2) is 0 Å². The van der Waals surface area contributed by atoms with Crippen LogP contribution in [0.2, 0.25) is 0 Å². The summed E-state index contributed by atoms with van der Waals surface area (Å²) in [5, 5.41) is 3.91. The highest BCUT2D eigenvalue weighted by molar-refractivity contribution is 5.54. The quantitative estimate of drug-likeness (QED) is 0.792. The van der Waals surface area contributed by atoms with Crippen molar-refractivity contribution < 1.29 is 0 Å². The first-order valence-electron chi connectivity index (χ1n) is 7.67. The van der Waals surface area contributed by atoms with Crippen molar-refractivity contribution in [1.29, 1.82) is 0 Å². The van der Waals surface area contributed by atoms with E-state index in [0.717, 1.165) is 5.92 Å². The third kappa shape index (κ3) is 1.89. The van der Waals surface area contributed by atoms with E-state index in [9.17, 15) is 0 Å². The number of rotatable bonds is 2. The fraction of sp³-hybridized carbons (Fsp3) is 0.667. The van der Waals surface area contributed by atoms with Crippen LogP contribution >= 0.6 is 0 Å². The van der Waals surface area contributed by atoms with Gasteiger partial charge in [0.05, 0.1) is 0 Å². The van der Waals surface area contributed by atoms with Crippen molar-refractivity contribution in [2.75, 3.05) is 5.32 Å². The van der Waals surface area contributed by atoms with E-state index in [1.165, 1.54) is 36.1 Å². The van der Waals surface area contributed by atoms with Crippen LogP contribution in [0.3, 0.4) is 0 Å². The van der Waals surface area contributed by atoms with Crippen molar-refractivity contribution in [3.63, 3.8) is 0 Å². The van der Waals surface area contributed by atoms with E-state index in [1.54, 1.807) is 0 Å². The first-order valence-corrected chi connectivity index (χ1v) is 7.67. The fourth-order valence-electron chi connectivity index (χ4n) is 4.71. The molecule has 104 valence electrons. The van der Waals surface area contributed by atoms with Crippen LogP contribution in [0.15, 0.2) is 18.2 Å². The van der Waals surface area contributed by atoms with E-state index in [1.807, 2.05) is 0 Å². The van der Waals surface area contributed by atoms with E-state index in [0.29, 0.717) is 16.9 Å². The minimum Gasteiger partial charge on any atom is -0.381 e. The maximum absolute atomic E-state index is 3.91. The molecular weight excluding hydrogens is 230 g/mol. The normalized spacial score (nSPS) is 35.6. The van der Waals surface area contributed by atoms with Gasteiger partial charge in [0.1, 0.15) is 0 Å². The first-order chi connectivity index (χ1) is 8.83. The van der Waals surface area contributed by atoms with E-state index in [-0.39, 0.29) is 0 Å². The van der Waals surface area contributed by atoms with Gasteiger partial charge >= 0.3 is 0 Å². The molecule has 19 heavy (non-hydrogen) atoms. The summed E-state index contributed by atoms with van der Waals surface area (Å²) in [7, 11) is 0. The van der Waals surface area contributed by atoms with Gasteiger partial charge in [0.2, 0.25) is 0 Å². The van der Waals surface area contributed by atoms with E-state index in [4.69, 9.17) is 0 Å². The second kappa shape index (κ2) is 4.01. The Hall–Kier alpha value is -0.980. The zero-order valence-electron chi connectivity index (χ0n) is 13.0. The number of benzene rings is 1. The maximum atomic E-state index is 3.91. The van der Waals surface area contributed by atoms with Gasteiger partial charge in [0.15, 0.2) is 0 Å². The maximum Gasteiger partial charge on any atom is 0.0375 e. The molecule has 0 aromatic heterocycles. The molecule has 1 heteroatoms. The van der Waals surface area contributed by atoms with Crippen molar-refractivity contribution in [2.24, 2.45) is 16.7 Å². The highest BCUT2D eigenvalue weighted by atomic mass is 15.0. The summed E-state index contributed by atoms with van der Waals surface area (Å²) >= 11 is 0. The molecule has 2 aliphatic carbocycles. The van der Waals surface area contributed by atoms with Crippen molar-refractivity contribution in [3.8, 4) is 0 Å².